The first-order valence-corrected chi connectivity index (χ1v) is 6.14. The maximum atomic E-state index is 13.4. The fraction of sp³-hybridized carbons (Fsp3) is 0.0667. The molecule has 100 valence electrons. The first-order valence-electron chi connectivity index (χ1n) is 6.14. The van der Waals surface area contributed by atoms with Crippen LogP contribution >= 0.6 is 0 Å². The van der Waals surface area contributed by atoms with Crippen molar-refractivity contribution in [2.75, 3.05) is 5.73 Å². The van der Waals surface area contributed by atoms with Gasteiger partial charge in [0.25, 0.3) is 5.56 Å². The van der Waals surface area contributed by atoms with Gasteiger partial charge in [0.1, 0.15) is 5.82 Å². The number of anilines is 1. The molecular weight excluding hydrogens is 257 g/mol. The molecule has 0 amide bonds. The summed E-state index contributed by atoms with van der Waals surface area (Å²) in [6, 6.07) is 11.7. The van der Waals surface area contributed by atoms with Gasteiger partial charge in [-0.2, -0.15) is 5.10 Å². The fourth-order valence-electron chi connectivity index (χ4n) is 2.08. The molecule has 3 rings (SSSR count). The number of nitrogen functional groups attached to an aromatic ring is 1. The topological polar surface area (TPSA) is 60.9 Å². The first-order chi connectivity index (χ1) is 9.65. The highest BCUT2D eigenvalue weighted by atomic mass is 19.1. The van der Waals surface area contributed by atoms with Gasteiger partial charge in [-0.3, -0.25) is 4.79 Å². The minimum atomic E-state index is -0.490. The lowest BCUT2D eigenvalue weighted by Crippen LogP contribution is -2.23. The zero-order valence-electron chi connectivity index (χ0n) is 10.6. The van der Waals surface area contributed by atoms with Crippen LogP contribution in [0.15, 0.2) is 53.5 Å². The van der Waals surface area contributed by atoms with Gasteiger partial charge in [0, 0.05) is 5.39 Å². The van der Waals surface area contributed by atoms with Crippen LogP contribution in [-0.4, -0.2) is 9.78 Å². The molecule has 20 heavy (non-hydrogen) atoms. The average Bonchev–Trinajstić information content (AvgIpc) is 2.46. The molecule has 0 saturated carbocycles. The molecule has 0 radical (unpaired) electrons. The Balaban J connectivity index is 2.04. The van der Waals surface area contributed by atoms with E-state index in [0.29, 0.717) is 10.9 Å². The SMILES string of the molecule is Nc1ccc(Cn2ncc3ccccc3c2=O)cc1F. The van der Waals surface area contributed by atoms with Crippen molar-refractivity contribution < 1.29 is 4.39 Å². The Morgan fingerprint density at radius 2 is 2.00 bits per heavy atom. The van der Waals surface area contributed by atoms with Crippen molar-refractivity contribution in [2.24, 2.45) is 0 Å². The minimum Gasteiger partial charge on any atom is -0.396 e. The summed E-state index contributed by atoms with van der Waals surface area (Å²) < 4.78 is 14.7. The first kappa shape index (κ1) is 12.3. The number of nitrogens with two attached hydrogens (primary N) is 1. The minimum absolute atomic E-state index is 0.0903. The van der Waals surface area contributed by atoms with Crippen molar-refractivity contribution in [3.8, 4) is 0 Å². The third kappa shape index (κ3) is 2.14. The molecule has 0 unspecified atom stereocenters. The number of nitrogens with zero attached hydrogens (tertiary/aromatic N) is 2. The Hall–Kier alpha value is -2.69. The summed E-state index contributed by atoms with van der Waals surface area (Å²) in [5, 5.41) is 5.49. The predicted octanol–water partition coefficient (Wildman–Crippen LogP) is 2.17. The van der Waals surface area contributed by atoms with Crippen molar-refractivity contribution in [3.05, 3.63) is 70.4 Å². The van der Waals surface area contributed by atoms with E-state index in [2.05, 4.69) is 5.10 Å². The molecule has 1 aromatic heterocycles. The zero-order chi connectivity index (χ0) is 14.1. The summed E-state index contributed by atoms with van der Waals surface area (Å²) in [5.41, 5.74) is 5.96. The molecule has 0 fully saturated rings. The van der Waals surface area contributed by atoms with Crippen LogP contribution in [0.3, 0.4) is 0 Å². The zero-order valence-corrected chi connectivity index (χ0v) is 10.6. The van der Waals surface area contributed by atoms with Crippen molar-refractivity contribution >= 4 is 16.5 Å². The third-order valence-electron chi connectivity index (χ3n) is 3.16. The maximum Gasteiger partial charge on any atom is 0.274 e. The Bertz CT molecular complexity index is 842. The molecule has 3 aromatic rings. The largest absolute Gasteiger partial charge is 0.396 e. The quantitative estimate of drug-likeness (QED) is 0.725. The van der Waals surface area contributed by atoms with E-state index in [0.717, 1.165) is 5.39 Å². The van der Waals surface area contributed by atoms with Crippen LogP contribution < -0.4 is 11.3 Å². The van der Waals surface area contributed by atoms with Crippen LogP contribution in [0, 0.1) is 5.82 Å². The molecule has 0 saturated heterocycles. The number of benzene rings is 2. The molecule has 4 nitrogen and oxygen atoms in total. The van der Waals surface area contributed by atoms with Crippen LogP contribution in [0.5, 0.6) is 0 Å². The smallest absolute Gasteiger partial charge is 0.274 e. The second-order valence-electron chi connectivity index (χ2n) is 4.55. The van der Waals surface area contributed by atoms with Gasteiger partial charge in [0.05, 0.1) is 23.8 Å². The van der Waals surface area contributed by atoms with Gasteiger partial charge in [-0.1, -0.05) is 24.3 Å². The van der Waals surface area contributed by atoms with Crippen LogP contribution in [0.4, 0.5) is 10.1 Å². The van der Waals surface area contributed by atoms with E-state index >= 15 is 0 Å². The Morgan fingerprint density at radius 1 is 1.20 bits per heavy atom. The van der Waals surface area contributed by atoms with Crippen molar-refractivity contribution in [2.45, 2.75) is 6.54 Å². The molecule has 0 aliphatic rings. The number of aromatic nitrogens is 2. The number of fused-ring (bicyclic) bond motifs is 1. The number of hydrogen-bond acceptors (Lipinski definition) is 3. The lowest BCUT2D eigenvalue weighted by Gasteiger charge is -2.07. The molecule has 1 heterocycles. The summed E-state index contributed by atoms with van der Waals surface area (Å²) in [4.78, 5) is 12.3. The molecule has 0 spiro atoms. The molecule has 0 aliphatic carbocycles. The van der Waals surface area contributed by atoms with Crippen LogP contribution in [0.25, 0.3) is 10.8 Å². The van der Waals surface area contributed by atoms with Gasteiger partial charge in [0.15, 0.2) is 0 Å². The molecule has 2 N–H and O–H groups in total. The van der Waals surface area contributed by atoms with Gasteiger partial charge in [-0.05, 0) is 23.8 Å². The highest BCUT2D eigenvalue weighted by Crippen LogP contribution is 2.13. The molecule has 0 bridgehead atoms. The van der Waals surface area contributed by atoms with Gasteiger partial charge >= 0.3 is 0 Å². The van der Waals surface area contributed by atoms with E-state index in [1.54, 1.807) is 24.4 Å². The second-order valence-corrected chi connectivity index (χ2v) is 4.55. The Morgan fingerprint density at radius 3 is 2.80 bits per heavy atom. The van der Waals surface area contributed by atoms with E-state index in [1.807, 2.05) is 12.1 Å². The average molecular weight is 269 g/mol. The molecule has 2 aromatic carbocycles. The third-order valence-corrected chi connectivity index (χ3v) is 3.16. The summed E-state index contributed by atoms with van der Waals surface area (Å²) in [6.45, 7) is 0.209. The van der Waals surface area contributed by atoms with Gasteiger partial charge in [0.2, 0.25) is 0 Å². The Kier molecular flexibility index (Phi) is 2.95. The van der Waals surface area contributed by atoms with Crippen LogP contribution in [0.1, 0.15) is 5.56 Å². The van der Waals surface area contributed by atoms with E-state index in [1.165, 1.54) is 16.8 Å². The van der Waals surface area contributed by atoms with E-state index in [4.69, 9.17) is 5.73 Å². The molecule has 5 heteroatoms. The molecule has 0 aliphatic heterocycles. The molecule has 0 atom stereocenters. The maximum absolute atomic E-state index is 13.4. The fourth-order valence-corrected chi connectivity index (χ4v) is 2.08. The Labute approximate surface area is 114 Å². The normalized spacial score (nSPS) is 10.8. The van der Waals surface area contributed by atoms with E-state index in [-0.39, 0.29) is 17.8 Å². The summed E-state index contributed by atoms with van der Waals surface area (Å²) in [5.74, 6) is -0.490. The number of rotatable bonds is 2. The lowest BCUT2D eigenvalue weighted by molar-refractivity contribution is 0.616. The summed E-state index contributed by atoms with van der Waals surface area (Å²) in [7, 11) is 0. The van der Waals surface area contributed by atoms with Crippen LogP contribution in [-0.2, 0) is 6.54 Å². The van der Waals surface area contributed by atoms with Gasteiger partial charge < -0.3 is 5.73 Å². The van der Waals surface area contributed by atoms with Crippen molar-refractivity contribution in [1.29, 1.82) is 0 Å². The standard InChI is InChI=1S/C15H12FN3O/c16-13-7-10(5-6-14(13)17)9-19-15(20)12-4-2-1-3-11(12)8-18-19/h1-8H,9,17H2. The lowest BCUT2D eigenvalue weighted by atomic mass is 10.2. The van der Waals surface area contributed by atoms with Crippen LogP contribution in [0.2, 0.25) is 0 Å². The van der Waals surface area contributed by atoms with Crippen molar-refractivity contribution in [1.82, 2.24) is 9.78 Å². The summed E-state index contributed by atoms with van der Waals surface area (Å²) in [6.07, 6.45) is 1.63. The van der Waals surface area contributed by atoms with Crippen molar-refractivity contribution in [3.63, 3.8) is 0 Å². The molecular formula is C15H12FN3O. The second kappa shape index (κ2) is 4.77. The van der Waals surface area contributed by atoms with E-state index in [9.17, 15) is 9.18 Å². The van der Waals surface area contributed by atoms with E-state index < -0.39 is 5.82 Å². The number of hydrogen-bond donors (Lipinski definition) is 1. The highest BCUT2D eigenvalue weighted by Gasteiger charge is 2.06. The monoisotopic (exact) mass is 269 g/mol. The highest BCUT2D eigenvalue weighted by molar-refractivity contribution is 5.80. The summed E-state index contributed by atoms with van der Waals surface area (Å²) >= 11 is 0. The van der Waals surface area contributed by atoms with Gasteiger partial charge in [-0.25, -0.2) is 9.07 Å². The number of halogens is 1. The van der Waals surface area contributed by atoms with Gasteiger partial charge in [-0.15, -0.1) is 0 Å². The predicted molar refractivity (Wildman–Crippen MR) is 75.9 cm³/mol.